The maximum Gasteiger partial charge on any atom is 1.00 e. The quantitative estimate of drug-likeness (QED) is 0.187. The number of hydrogen-bond acceptors (Lipinski definition) is 6. The van der Waals surface area contributed by atoms with Gasteiger partial charge in [-0.2, -0.15) is 16.8 Å². The molecule has 4 rings (SSSR count). The first-order valence-corrected chi connectivity index (χ1v) is 11.4. The zero-order chi connectivity index (χ0) is 20.5. The Bertz CT molecular complexity index is 1310. The first kappa shape index (κ1) is 26.5. The van der Waals surface area contributed by atoms with Gasteiger partial charge in [-0.05, 0) is 22.9 Å². The molecule has 0 radical (unpaired) electrons. The molecule has 0 saturated carbocycles. The summed E-state index contributed by atoms with van der Waals surface area (Å²) in [5.41, 5.74) is 0. The Hall–Kier alpha value is -0.780. The van der Waals surface area contributed by atoms with Crippen molar-refractivity contribution in [2.24, 2.45) is 0 Å². The summed E-state index contributed by atoms with van der Waals surface area (Å²) >= 11 is 0. The molecule has 152 valence electrons. The number of benzene rings is 4. The maximum absolute atomic E-state index is 12.6. The van der Waals surface area contributed by atoms with Crippen LogP contribution in [0.4, 0.5) is 0 Å². The molecular weight excluding hydrogens is 458 g/mol. The van der Waals surface area contributed by atoms with Gasteiger partial charge in [-0.3, -0.25) is 0 Å². The first-order chi connectivity index (χ1) is 13.9. The van der Waals surface area contributed by atoms with E-state index in [0.717, 1.165) is 10.8 Å². The Balaban J connectivity index is 0.00000256. The molecule has 0 saturated heterocycles. The average Bonchev–Trinajstić information content (AvgIpc) is 2.72. The summed E-state index contributed by atoms with van der Waals surface area (Å²) in [6, 6.07) is 23.4. The predicted molar refractivity (Wildman–Crippen MR) is 112 cm³/mol. The van der Waals surface area contributed by atoms with Gasteiger partial charge in [0, 0.05) is 10.8 Å². The van der Waals surface area contributed by atoms with Crippen LogP contribution in [-0.4, -0.2) is 23.6 Å². The van der Waals surface area contributed by atoms with Crippen molar-refractivity contribution in [3.8, 4) is 0 Å². The van der Waals surface area contributed by atoms with Crippen LogP contribution in [0.2, 0.25) is 0 Å². The number of hydrogen-bond donors (Lipinski definition) is 0. The predicted octanol–water partition coefficient (Wildman–Crippen LogP) is -1.71. The van der Waals surface area contributed by atoms with Crippen LogP contribution in [0.3, 0.4) is 0 Å². The fourth-order valence-electron chi connectivity index (χ4n) is 3.10. The van der Waals surface area contributed by atoms with Crippen LogP contribution in [0.1, 0.15) is 2.85 Å². The van der Waals surface area contributed by atoms with Crippen LogP contribution in [0.5, 0.6) is 0 Å². The van der Waals surface area contributed by atoms with Gasteiger partial charge in [0.05, 0.1) is 0 Å². The summed E-state index contributed by atoms with van der Waals surface area (Å²) in [5, 5.41) is 2.40. The van der Waals surface area contributed by atoms with Crippen LogP contribution in [0.25, 0.3) is 21.5 Å². The van der Waals surface area contributed by atoms with Crippen molar-refractivity contribution in [3.63, 3.8) is 0 Å². The van der Waals surface area contributed by atoms with Crippen LogP contribution < -0.4 is 59.1 Å². The minimum atomic E-state index is -4.22. The fraction of sp³-hybridized carbons (Fsp3) is 0.0476. The van der Waals surface area contributed by atoms with E-state index in [1.165, 1.54) is 12.1 Å². The molecule has 0 unspecified atom stereocenters. The molecular formula is C21H18Na2O6S2. The van der Waals surface area contributed by atoms with Gasteiger partial charge < -0.3 is 2.85 Å². The van der Waals surface area contributed by atoms with Crippen LogP contribution in [0, 0.1) is 0 Å². The SMILES string of the molecule is O=S(=O)(OCOS(=O)(=O)c1cccc2ccccc12)c1cccc2ccccc12.[H-].[H-].[Na+].[Na+]. The third-order valence-corrected chi connectivity index (χ3v) is 7.05. The minimum absolute atomic E-state index is 0. The summed E-state index contributed by atoms with van der Waals surface area (Å²) in [5.74, 6) is 0. The molecule has 4 aromatic carbocycles. The smallest absolute Gasteiger partial charge is 1.00 e. The van der Waals surface area contributed by atoms with E-state index >= 15 is 0 Å². The van der Waals surface area contributed by atoms with Crippen molar-refractivity contribution >= 4 is 41.8 Å². The molecule has 0 aromatic heterocycles. The Morgan fingerprint density at radius 1 is 0.548 bits per heavy atom. The Morgan fingerprint density at radius 2 is 0.903 bits per heavy atom. The molecule has 0 amide bonds. The molecule has 0 aliphatic rings. The van der Waals surface area contributed by atoms with Gasteiger partial charge in [0.2, 0.25) is 0 Å². The summed E-state index contributed by atoms with van der Waals surface area (Å²) in [7, 11) is -8.45. The zero-order valence-corrected chi connectivity index (χ0v) is 22.7. The first-order valence-electron chi connectivity index (χ1n) is 8.63. The van der Waals surface area contributed by atoms with Gasteiger partial charge in [0.15, 0.2) is 6.79 Å². The Morgan fingerprint density at radius 3 is 1.32 bits per heavy atom. The monoisotopic (exact) mass is 476 g/mol. The van der Waals surface area contributed by atoms with E-state index in [9.17, 15) is 16.8 Å². The van der Waals surface area contributed by atoms with Gasteiger partial charge >= 0.3 is 59.1 Å². The van der Waals surface area contributed by atoms with Crippen molar-refractivity contribution in [2.45, 2.75) is 9.79 Å². The molecule has 0 fully saturated rings. The molecule has 10 heteroatoms. The molecule has 0 spiro atoms. The van der Waals surface area contributed by atoms with Crippen LogP contribution in [-0.2, 0) is 28.6 Å². The normalized spacial score (nSPS) is 11.6. The van der Waals surface area contributed by atoms with Gasteiger partial charge in [-0.15, -0.1) is 0 Å². The second-order valence-electron chi connectivity index (χ2n) is 6.22. The fourth-order valence-corrected chi connectivity index (χ4v) is 5.17. The number of fused-ring (bicyclic) bond motifs is 2. The van der Waals surface area contributed by atoms with Gasteiger partial charge in [-0.25, -0.2) is 8.37 Å². The van der Waals surface area contributed by atoms with Crippen LogP contribution in [0.15, 0.2) is 94.7 Å². The standard InChI is InChI=1S/C21H16O6S2.2Na.2H/c22-28(23,20-13-5-9-16-7-1-3-11-18(16)20)26-15-27-29(24,25)21-14-6-10-17-8-2-4-12-19(17)21;;;;/h1-14H,15H2;;;;/q;2*+1;2*-1. The van der Waals surface area contributed by atoms with Gasteiger partial charge in [0.25, 0.3) is 20.2 Å². The van der Waals surface area contributed by atoms with Gasteiger partial charge in [-0.1, -0.05) is 72.8 Å². The van der Waals surface area contributed by atoms with E-state index in [2.05, 4.69) is 0 Å². The van der Waals surface area contributed by atoms with E-state index in [4.69, 9.17) is 8.37 Å². The third-order valence-electron chi connectivity index (χ3n) is 4.44. The average molecular weight is 476 g/mol. The molecule has 0 aliphatic heterocycles. The van der Waals surface area contributed by atoms with E-state index in [0.29, 0.717) is 10.8 Å². The van der Waals surface area contributed by atoms with Crippen molar-refractivity contribution in [1.29, 1.82) is 0 Å². The second-order valence-corrected chi connectivity index (χ2v) is 9.38. The largest absolute Gasteiger partial charge is 1.00 e. The maximum atomic E-state index is 12.6. The molecule has 0 aliphatic carbocycles. The summed E-state index contributed by atoms with van der Waals surface area (Å²) < 4.78 is 60.1. The molecule has 0 N–H and O–H groups in total. The Labute approximate surface area is 228 Å². The minimum Gasteiger partial charge on any atom is -1.00 e. The van der Waals surface area contributed by atoms with Gasteiger partial charge in [0.1, 0.15) is 9.79 Å². The molecule has 0 atom stereocenters. The summed E-state index contributed by atoms with van der Waals surface area (Å²) in [4.78, 5) is -0.108. The Kier molecular flexibility index (Phi) is 9.30. The van der Waals surface area contributed by atoms with Crippen molar-refractivity contribution in [1.82, 2.24) is 0 Å². The third kappa shape index (κ3) is 5.78. The molecule has 4 aromatic rings. The van der Waals surface area contributed by atoms with E-state index in [-0.39, 0.29) is 71.8 Å². The van der Waals surface area contributed by atoms with Crippen molar-refractivity contribution < 1.29 is 87.2 Å². The van der Waals surface area contributed by atoms with E-state index in [1.807, 2.05) is 0 Å². The van der Waals surface area contributed by atoms with E-state index in [1.54, 1.807) is 72.8 Å². The summed E-state index contributed by atoms with van der Waals surface area (Å²) in [6.45, 7) is -0.961. The topological polar surface area (TPSA) is 86.7 Å². The van der Waals surface area contributed by atoms with Crippen LogP contribution >= 0.6 is 0 Å². The summed E-state index contributed by atoms with van der Waals surface area (Å²) in [6.07, 6.45) is 0. The van der Waals surface area contributed by atoms with E-state index < -0.39 is 27.0 Å². The van der Waals surface area contributed by atoms with Crippen molar-refractivity contribution in [2.75, 3.05) is 6.79 Å². The number of rotatable bonds is 6. The molecule has 0 heterocycles. The molecule has 0 bridgehead atoms. The zero-order valence-electron chi connectivity index (χ0n) is 19.1. The molecule has 31 heavy (non-hydrogen) atoms. The second kappa shape index (κ2) is 10.9. The van der Waals surface area contributed by atoms with Crippen molar-refractivity contribution in [3.05, 3.63) is 84.9 Å². The molecule has 6 nitrogen and oxygen atoms in total.